The molecule has 1 saturated heterocycles. The molecule has 17 heavy (non-hydrogen) atoms. The lowest BCUT2D eigenvalue weighted by molar-refractivity contribution is 0.322. The Hall–Kier alpha value is -0.570. The van der Waals surface area contributed by atoms with Crippen LogP contribution in [0.1, 0.15) is 36.9 Å². The largest absolute Gasteiger partial charge is 0.324 e. The van der Waals surface area contributed by atoms with Crippen LogP contribution in [-0.4, -0.2) is 13.1 Å². The molecule has 3 heteroatoms. The number of hydrogen-bond acceptors (Lipinski definition) is 2. The van der Waals surface area contributed by atoms with Crippen molar-refractivity contribution in [2.24, 2.45) is 11.7 Å². The van der Waals surface area contributed by atoms with Crippen LogP contribution in [0, 0.1) is 5.92 Å². The predicted octanol–water partition coefficient (Wildman–Crippen LogP) is 2.67. The van der Waals surface area contributed by atoms with Crippen molar-refractivity contribution >= 4 is 12.4 Å². The van der Waals surface area contributed by atoms with E-state index in [-0.39, 0.29) is 18.4 Å². The first kappa shape index (κ1) is 14.5. The zero-order valence-electron chi connectivity index (χ0n) is 10.5. The molecular formula is C14H23ClN2. The number of nitrogens with one attached hydrogen (secondary N) is 1. The number of rotatable bonds is 3. The van der Waals surface area contributed by atoms with Crippen molar-refractivity contribution in [1.29, 1.82) is 0 Å². The van der Waals surface area contributed by atoms with Crippen molar-refractivity contribution in [2.45, 2.75) is 32.2 Å². The molecule has 1 heterocycles. The lowest BCUT2D eigenvalue weighted by atomic mass is 9.86. The third-order valence-corrected chi connectivity index (χ3v) is 3.66. The highest BCUT2D eigenvalue weighted by atomic mass is 35.5. The van der Waals surface area contributed by atoms with Crippen LogP contribution >= 0.6 is 12.4 Å². The van der Waals surface area contributed by atoms with Crippen LogP contribution in [0.3, 0.4) is 0 Å². The first-order valence-corrected chi connectivity index (χ1v) is 6.36. The Balaban J connectivity index is 0.00000144. The van der Waals surface area contributed by atoms with E-state index < -0.39 is 0 Å². The molecule has 1 aliphatic rings. The maximum absolute atomic E-state index is 6.33. The first-order valence-electron chi connectivity index (χ1n) is 6.36. The normalized spacial score (nSPS) is 18.5. The summed E-state index contributed by atoms with van der Waals surface area (Å²) in [5.41, 5.74) is 9.02. The summed E-state index contributed by atoms with van der Waals surface area (Å²) in [5, 5.41) is 3.38. The molecule has 3 N–H and O–H groups in total. The smallest absolute Gasteiger partial charge is 0.0324 e. The lowest BCUT2D eigenvalue weighted by Crippen LogP contribution is -2.33. The van der Waals surface area contributed by atoms with Crippen LogP contribution in [-0.2, 0) is 6.42 Å². The van der Waals surface area contributed by atoms with Crippen LogP contribution in [0.15, 0.2) is 24.3 Å². The zero-order chi connectivity index (χ0) is 11.4. The van der Waals surface area contributed by atoms with Crippen molar-refractivity contribution in [3.63, 3.8) is 0 Å². The van der Waals surface area contributed by atoms with Gasteiger partial charge in [0.2, 0.25) is 0 Å². The molecule has 0 spiro atoms. The highest BCUT2D eigenvalue weighted by Crippen LogP contribution is 2.26. The highest BCUT2D eigenvalue weighted by molar-refractivity contribution is 5.85. The third kappa shape index (κ3) is 3.70. The summed E-state index contributed by atoms with van der Waals surface area (Å²) in [5.74, 6) is 0.647. The first-order chi connectivity index (χ1) is 7.81. The highest BCUT2D eigenvalue weighted by Gasteiger charge is 2.21. The average Bonchev–Trinajstić information content (AvgIpc) is 2.39. The minimum Gasteiger partial charge on any atom is -0.324 e. The van der Waals surface area contributed by atoms with Crippen molar-refractivity contribution < 1.29 is 0 Å². The van der Waals surface area contributed by atoms with Gasteiger partial charge in [0.15, 0.2) is 0 Å². The van der Waals surface area contributed by atoms with Crippen LogP contribution < -0.4 is 11.1 Å². The summed E-state index contributed by atoms with van der Waals surface area (Å²) in [6.07, 6.45) is 3.51. The van der Waals surface area contributed by atoms with E-state index in [1.807, 2.05) is 0 Å². The number of halogens is 1. The van der Waals surface area contributed by atoms with Crippen molar-refractivity contribution in [3.8, 4) is 0 Å². The Labute approximate surface area is 110 Å². The summed E-state index contributed by atoms with van der Waals surface area (Å²) in [7, 11) is 0. The number of hydrogen-bond donors (Lipinski definition) is 2. The minimum absolute atomic E-state index is 0. The molecule has 0 radical (unpaired) electrons. The Bertz CT molecular complexity index is 317. The topological polar surface area (TPSA) is 38.0 Å². The van der Waals surface area contributed by atoms with Gasteiger partial charge >= 0.3 is 0 Å². The van der Waals surface area contributed by atoms with Crippen LogP contribution in [0.2, 0.25) is 0 Å². The molecule has 2 rings (SSSR count). The molecule has 1 atom stereocenters. The van der Waals surface area contributed by atoms with Crippen LogP contribution in [0.5, 0.6) is 0 Å². The van der Waals surface area contributed by atoms with E-state index in [1.165, 1.54) is 24.0 Å². The van der Waals surface area contributed by atoms with E-state index in [0.29, 0.717) is 5.92 Å². The Morgan fingerprint density at radius 2 is 1.82 bits per heavy atom. The van der Waals surface area contributed by atoms with Gasteiger partial charge in [-0.2, -0.15) is 0 Å². The fraction of sp³-hybridized carbons (Fsp3) is 0.571. The van der Waals surface area contributed by atoms with E-state index in [0.717, 1.165) is 19.5 Å². The number of piperidine rings is 1. The Morgan fingerprint density at radius 3 is 2.35 bits per heavy atom. The third-order valence-electron chi connectivity index (χ3n) is 3.66. The quantitative estimate of drug-likeness (QED) is 0.871. The van der Waals surface area contributed by atoms with Crippen molar-refractivity contribution in [3.05, 3.63) is 35.4 Å². The van der Waals surface area contributed by atoms with Gasteiger partial charge in [0.05, 0.1) is 0 Å². The molecule has 0 amide bonds. The minimum atomic E-state index is 0. The van der Waals surface area contributed by atoms with Gasteiger partial charge in [-0.1, -0.05) is 31.2 Å². The molecule has 2 nitrogen and oxygen atoms in total. The van der Waals surface area contributed by atoms with Gasteiger partial charge in [0, 0.05) is 6.04 Å². The van der Waals surface area contributed by atoms with Gasteiger partial charge in [-0.15, -0.1) is 12.4 Å². The molecule has 0 aromatic heterocycles. The predicted molar refractivity (Wildman–Crippen MR) is 75.6 cm³/mol. The molecule has 1 aromatic carbocycles. The maximum Gasteiger partial charge on any atom is 0.0324 e. The molecule has 1 aromatic rings. The van der Waals surface area contributed by atoms with E-state index in [2.05, 4.69) is 36.5 Å². The van der Waals surface area contributed by atoms with Gasteiger partial charge in [-0.05, 0) is 49.4 Å². The van der Waals surface area contributed by atoms with Gasteiger partial charge in [-0.25, -0.2) is 0 Å². The molecule has 0 bridgehead atoms. The lowest BCUT2D eigenvalue weighted by Gasteiger charge is -2.28. The van der Waals surface area contributed by atoms with Crippen molar-refractivity contribution in [1.82, 2.24) is 5.32 Å². The maximum atomic E-state index is 6.33. The molecule has 0 aliphatic carbocycles. The summed E-state index contributed by atoms with van der Waals surface area (Å²) in [6, 6.07) is 9.02. The molecular weight excluding hydrogens is 232 g/mol. The summed E-state index contributed by atoms with van der Waals surface area (Å²) in [6.45, 7) is 4.42. The van der Waals surface area contributed by atoms with Gasteiger partial charge in [0.1, 0.15) is 0 Å². The average molecular weight is 255 g/mol. The zero-order valence-corrected chi connectivity index (χ0v) is 11.3. The van der Waals surface area contributed by atoms with Crippen molar-refractivity contribution in [2.75, 3.05) is 13.1 Å². The summed E-state index contributed by atoms with van der Waals surface area (Å²) in [4.78, 5) is 0. The Kier molecular flexibility index (Phi) is 5.96. The fourth-order valence-electron chi connectivity index (χ4n) is 2.45. The van der Waals surface area contributed by atoms with Gasteiger partial charge < -0.3 is 11.1 Å². The van der Waals surface area contributed by atoms with Crippen LogP contribution in [0.4, 0.5) is 0 Å². The van der Waals surface area contributed by atoms with Gasteiger partial charge in [-0.3, -0.25) is 0 Å². The molecule has 96 valence electrons. The molecule has 1 fully saturated rings. The van der Waals surface area contributed by atoms with E-state index in [1.54, 1.807) is 0 Å². The fourth-order valence-corrected chi connectivity index (χ4v) is 2.45. The second kappa shape index (κ2) is 7.00. The number of nitrogens with two attached hydrogens (primary N) is 1. The summed E-state index contributed by atoms with van der Waals surface area (Å²) < 4.78 is 0. The Morgan fingerprint density at radius 1 is 1.24 bits per heavy atom. The van der Waals surface area contributed by atoms with E-state index in [9.17, 15) is 0 Å². The molecule has 1 aliphatic heterocycles. The van der Waals surface area contributed by atoms with Crippen LogP contribution in [0.25, 0.3) is 0 Å². The standard InChI is InChI=1S/C14H22N2.ClH/c1-2-11-3-5-12(6-4-11)14(15)13-7-9-16-10-8-13;/h3-6,13-14,16H,2,7-10,15H2,1H3;1H/t14-;/m0./s1. The molecule has 0 saturated carbocycles. The second-order valence-corrected chi connectivity index (χ2v) is 4.71. The molecule has 0 unspecified atom stereocenters. The number of benzene rings is 1. The second-order valence-electron chi connectivity index (χ2n) is 4.71. The van der Waals surface area contributed by atoms with E-state index >= 15 is 0 Å². The van der Waals surface area contributed by atoms with Gasteiger partial charge in [0.25, 0.3) is 0 Å². The monoisotopic (exact) mass is 254 g/mol. The number of aryl methyl sites for hydroxylation is 1. The SMILES string of the molecule is CCc1ccc([C@H](N)C2CCNCC2)cc1.Cl. The summed E-state index contributed by atoms with van der Waals surface area (Å²) >= 11 is 0. The van der Waals surface area contributed by atoms with E-state index in [4.69, 9.17) is 5.73 Å².